The Morgan fingerprint density at radius 3 is 0.762 bits per heavy atom. The van der Waals surface area contributed by atoms with Crippen molar-refractivity contribution in [1.82, 2.24) is 0 Å². The second-order valence-corrected chi connectivity index (χ2v) is 22.0. The van der Waals surface area contributed by atoms with E-state index in [2.05, 4.69) is 142 Å². The van der Waals surface area contributed by atoms with Crippen LogP contribution in [0.5, 0.6) is 0 Å². The topological polar surface area (TPSA) is 78.9 Å². The first-order chi connectivity index (χ1) is 39.5. The van der Waals surface area contributed by atoms with E-state index >= 15 is 0 Å². The van der Waals surface area contributed by atoms with Gasteiger partial charge in [0, 0.05) is 19.3 Å². The van der Waals surface area contributed by atoms with Crippen LogP contribution in [0.25, 0.3) is 0 Å². The monoisotopic (exact) mass is 1110 g/mol. The van der Waals surface area contributed by atoms with Crippen LogP contribution < -0.4 is 0 Å². The van der Waals surface area contributed by atoms with E-state index in [1.54, 1.807) is 0 Å². The number of allylic oxidation sites excluding steroid dienone is 20. The molecule has 1 atom stereocenters. The maximum absolute atomic E-state index is 12.9. The SMILES string of the molecule is CC/C=C\C/C=C\C/C=C\C/C=C\C/C=C\C/C=C\C/C=C\C/C=C\CCCCCCC(=O)OCC(COC(=O)CCCCCCCCCCCCCC)OC(=O)CCCCCCCCCCC/C=C\C/C=C\CCCCCCC. The van der Waals surface area contributed by atoms with Crippen molar-refractivity contribution >= 4 is 17.9 Å². The average molecular weight is 1110 g/mol. The number of rotatable bonds is 60. The highest BCUT2D eigenvalue weighted by Crippen LogP contribution is 2.16. The van der Waals surface area contributed by atoms with Crippen LogP contribution in [-0.2, 0) is 28.6 Å². The van der Waals surface area contributed by atoms with Crippen LogP contribution in [0.2, 0.25) is 0 Å². The molecule has 6 nitrogen and oxygen atoms in total. The van der Waals surface area contributed by atoms with Crippen molar-refractivity contribution < 1.29 is 28.6 Å². The first-order valence-electron chi connectivity index (χ1n) is 33.5. The summed E-state index contributed by atoms with van der Waals surface area (Å²) in [6.07, 6.45) is 93.5. The van der Waals surface area contributed by atoms with Gasteiger partial charge in [0.05, 0.1) is 0 Å². The number of unbranched alkanes of at least 4 members (excludes halogenated alkanes) is 29. The molecule has 0 aromatic heterocycles. The molecule has 0 aromatic rings. The van der Waals surface area contributed by atoms with E-state index in [1.165, 1.54) is 141 Å². The molecule has 0 aliphatic heterocycles. The van der Waals surface area contributed by atoms with E-state index in [1.807, 2.05) is 0 Å². The van der Waals surface area contributed by atoms with Crippen LogP contribution in [0.15, 0.2) is 122 Å². The van der Waals surface area contributed by atoms with Crippen LogP contribution in [-0.4, -0.2) is 37.2 Å². The molecule has 0 fully saturated rings. The van der Waals surface area contributed by atoms with Gasteiger partial charge >= 0.3 is 17.9 Å². The molecule has 0 radical (unpaired) electrons. The quantitative estimate of drug-likeness (QED) is 0.0261. The molecule has 0 saturated heterocycles. The van der Waals surface area contributed by atoms with Gasteiger partial charge in [-0.05, 0) is 116 Å². The lowest BCUT2D eigenvalue weighted by molar-refractivity contribution is -0.167. The minimum Gasteiger partial charge on any atom is -0.462 e. The predicted molar refractivity (Wildman–Crippen MR) is 348 cm³/mol. The van der Waals surface area contributed by atoms with Gasteiger partial charge in [-0.2, -0.15) is 0 Å². The normalized spacial score (nSPS) is 12.9. The molecule has 0 saturated carbocycles. The first kappa shape index (κ1) is 75.8. The molecule has 6 heteroatoms. The molecule has 80 heavy (non-hydrogen) atoms. The summed E-state index contributed by atoms with van der Waals surface area (Å²) in [4.78, 5) is 38.3. The number of hydrogen-bond donors (Lipinski definition) is 0. The zero-order valence-corrected chi connectivity index (χ0v) is 52.3. The lowest BCUT2D eigenvalue weighted by Crippen LogP contribution is -2.30. The van der Waals surface area contributed by atoms with Crippen molar-refractivity contribution in [3.63, 3.8) is 0 Å². The fraction of sp³-hybridized carbons (Fsp3) is 0.689. The summed E-state index contributed by atoms with van der Waals surface area (Å²) in [6.45, 7) is 6.51. The highest BCUT2D eigenvalue weighted by Gasteiger charge is 2.19. The molecular formula is C74H124O6. The number of esters is 3. The van der Waals surface area contributed by atoms with Gasteiger partial charge in [-0.1, -0.05) is 296 Å². The van der Waals surface area contributed by atoms with E-state index in [0.29, 0.717) is 19.3 Å². The third-order valence-corrected chi connectivity index (χ3v) is 14.2. The molecule has 0 N–H and O–H groups in total. The summed E-state index contributed by atoms with van der Waals surface area (Å²) in [5, 5.41) is 0. The number of carbonyl (C=O) groups excluding carboxylic acids is 3. The molecule has 1 unspecified atom stereocenters. The lowest BCUT2D eigenvalue weighted by atomic mass is 10.0. The number of carbonyl (C=O) groups is 3. The summed E-state index contributed by atoms with van der Waals surface area (Å²) in [7, 11) is 0. The van der Waals surface area contributed by atoms with Crippen molar-refractivity contribution in [2.75, 3.05) is 13.2 Å². The smallest absolute Gasteiger partial charge is 0.306 e. The highest BCUT2D eigenvalue weighted by atomic mass is 16.6. The summed E-state index contributed by atoms with van der Waals surface area (Å²) >= 11 is 0. The third kappa shape index (κ3) is 64.6. The standard InChI is InChI=1S/C74H124O6/c1-4-7-10-13-16-19-22-25-27-29-31-33-34-35-36-37-38-39-40-42-43-45-47-49-52-55-58-61-64-67-73(76)79-70-71(69-78-72(75)66-63-60-57-54-51-24-21-18-15-12-9-6-3)80-74(77)68-65-62-59-56-53-50-48-46-44-41-32-30-28-26-23-20-17-14-11-8-5-2/h7,10,16,19,23,25-27,30-33,35-36,38-39,42-43,47,49,71H,4-6,8-9,11-15,17-18,20-22,24,28-29,34,37,40-41,44-46,48,50-70H2,1-3H3/b10-7-,19-16-,26-23-,27-25-,32-30-,33-31-,36-35-,39-38-,43-42-,49-47-. The fourth-order valence-corrected chi connectivity index (χ4v) is 9.20. The number of ether oxygens (including phenoxy) is 3. The predicted octanol–water partition coefficient (Wildman–Crippen LogP) is 23.2. The van der Waals surface area contributed by atoms with Gasteiger partial charge in [-0.15, -0.1) is 0 Å². The van der Waals surface area contributed by atoms with Crippen LogP contribution in [0, 0.1) is 0 Å². The Bertz CT molecular complexity index is 1650. The van der Waals surface area contributed by atoms with Gasteiger partial charge < -0.3 is 14.2 Å². The number of hydrogen-bond acceptors (Lipinski definition) is 6. The van der Waals surface area contributed by atoms with Crippen LogP contribution in [0.4, 0.5) is 0 Å². The minimum atomic E-state index is -0.794. The molecule has 456 valence electrons. The minimum absolute atomic E-state index is 0.0875. The summed E-state index contributed by atoms with van der Waals surface area (Å²) in [5.41, 5.74) is 0. The molecule has 0 heterocycles. The maximum Gasteiger partial charge on any atom is 0.306 e. The van der Waals surface area contributed by atoms with Gasteiger partial charge in [0.15, 0.2) is 6.10 Å². The Balaban J connectivity index is 4.37. The summed E-state index contributed by atoms with van der Waals surface area (Å²) in [5.74, 6) is -0.910. The van der Waals surface area contributed by atoms with Crippen LogP contribution in [0.1, 0.15) is 310 Å². The Morgan fingerprint density at radius 1 is 0.263 bits per heavy atom. The van der Waals surface area contributed by atoms with Crippen molar-refractivity contribution in [2.24, 2.45) is 0 Å². The third-order valence-electron chi connectivity index (χ3n) is 14.2. The molecular weight excluding hydrogens is 985 g/mol. The zero-order chi connectivity index (χ0) is 57.8. The molecule has 0 aromatic carbocycles. The van der Waals surface area contributed by atoms with Crippen molar-refractivity contribution in [3.05, 3.63) is 122 Å². The first-order valence-corrected chi connectivity index (χ1v) is 33.5. The fourth-order valence-electron chi connectivity index (χ4n) is 9.20. The van der Waals surface area contributed by atoms with Crippen molar-refractivity contribution in [2.45, 2.75) is 316 Å². The van der Waals surface area contributed by atoms with E-state index in [4.69, 9.17) is 14.2 Å². The van der Waals surface area contributed by atoms with Gasteiger partial charge in [0.25, 0.3) is 0 Å². The lowest BCUT2D eigenvalue weighted by Gasteiger charge is -2.18. The Kier molecular flexibility index (Phi) is 63.8. The maximum atomic E-state index is 12.9. The second-order valence-electron chi connectivity index (χ2n) is 22.0. The molecule has 0 aliphatic carbocycles. The van der Waals surface area contributed by atoms with Gasteiger partial charge in [-0.25, -0.2) is 0 Å². The van der Waals surface area contributed by atoms with Gasteiger partial charge in [0.2, 0.25) is 0 Å². The summed E-state index contributed by atoms with van der Waals surface area (Å²) in [6, 6.07) is 0. The average Bonchev–Trinajstić information content (AvgIpc) is 3.46. The Morgan fingerprint density at radius 2 is 0.487 bits per heavy atom. The molecule has 0 spiro atoms. The highest BCUT2D eigenvalue weighted by molar-refractivity contribution is 5.71. The van der Waals surface area contributed by atoms with Crippen molar-refractivity contribution in [1.29, 1.82) is 0 Å². The van der Waals surface area contributed by atoms with E-state index < -0.39 is 6.10 Å². The van der Waals surface area contributed by atoms with Gasteiger partial charge in [0.1, 0.15) is 13.2 Å². The van der Waals surface area contributed by atoms with E-state index in [-0.39, 0.29) is 31.1 Å². The van der Waals surface area contributed by atoms with Crippen LogP contribution >= 0.6 is 0 Å². The second kappa shape index (κ2) is 67.3. The molecule has 0 bridgehead atoms. The van der Waals surface area contributed by atoms with Crippen LogP contribution in [0.3, 0.4) is 0 Å². The molecule has 0 amide bonds. The van der Waals surface area contributed by atoms with E-state index in [0.717, 1.165) is 128 Å². The Hall–Kier alpha value is -4.19. The zero-order valence-electron chi connectivity index (χ0n) is 52.3. The van der Waals surface area contributed by atoms with E-state index in [9.17, 15) is 14.4 Å². The Labute approximate surface area is 494 Å². The molecule has 0 rings (SSSR count). The van der Waals surface area contributed by atoms with Crippen molar-refractivity contribution in [3.8, 4) is 0 Å². The van der Waals surface area contributed by atoms with Gasteiger partial charge in [-0.3, -0.25) is 14.4 Å². The summed E-state index contributed by atoms with van der Waals surface area (Å²) < 4.78 is 16.9. The molecule has 0 aliphatic rings. The largest absolute Gasteiger partial charge is 0.462 e.